The van der Waals surface area contributed by atoms with Gasteiger partial charge in [-0.05, 0) is 18.2 Å². The number of aromatic carboxylic acids is 1. The molecule has 0 spiro atoms. The third-order valence-corrected chi connectivity index (χ3v) is 3.49. The van der Waals surface area contributed by atoms with Gasteiger partial charge in [0.05, 0.1) is 19.8 Å². The van der Waals surface area contributed by atoms with Gasteiger partial charge in [-0.15, -0.1) is 0 Å². The van der Waals surface area contributed by atoms with E-state index in [-0.39, 0.29) is 6.07 Å². The summed E-state index contributed by atoms with van der Waals surface area (Å²) in [7, 11) is 1.95. The average molecular weight is 383 g/mol. The summed E-state index contributed by atoms with van der Waals surface area (Å²) in [6, 6.07) is 0.166. The minimum absolute atomic E-state index is 0.166. The highest BCUT2D eigenvalue weighted by Crippen LogP contribution is 2.34. The Labute approximate surface area is 150 Å². The summed E-state index contributed by atoms with van der Waals surface area (Å²) in [5.74, 6) is -9.20. The molecule has 1 aromatic rings. The van der Waals surface area contributed by atoms with E-state index >= 15 is 0 Å². The molecule has 0 saturated heterocycles. The molecule has 1 aliphatic rings. The van der Waals surface area contributed by atoms with Crippen LogP contribution in [0.15, 0.2) is 41.8 Å². The van der Waals surface area contributed by atoms with Crippen LogP contribution >= 0.6 is 0 Å². The highest BCUT2D eigenvalue weighted by molar-refractivity contribution is 6.05. The van der Waals surface area contributed by atoms with Gasteiger partial charge < -0.3 is 19.5 Å². The highest BCUT2D eigenvalue weighted by atomic mass is 19.2. The Morgan fingerprint density at radius 2 is 1.63 bits per heavy atom. The molecule has 10 heteroatoms. The van der Waals surface area contributed by atoms with Crippen LogP contribution in [0.2, 0.25) is 0 Å². The lowest BCUT2D eigenvalue weighted by atomic mass is 10.1. The maximum absolute atomic E-state index is 14.7. The molecule has 1 heterocycles. The first-order chi connectivity index (χ1) is 12.7. The summed E-state index contributed by atoms with van der Waals surface area (Å²) in [5.41, 5.74) is -3.53. The Morgan fingerprint density at radius 1 is 1.00 bits per heavy atom. The topological polar surface area (TPSA) is 93.1 Å². The van der Waals surface area contributed by atoms with Crippen LogP contribution in [0.25, 0.3) is 0 Å². The quantitative estimate of drug-likeness (QED) is 0.630. The second-order valence-corrected chi connectivity index (χ2v) is 5.00. The zero-order valence-corrected chi connectivity index (χ0v) is 14.0. The van der Waals surface area contributed by atoms with Gasteiger partial charge in [-0.3, -0.25) is 0 Å². The molecule has 1 aliphatic heterocycles. The molecule has 0 aromatic heterocycles. The van der Waals surface area contributed by atoms with E-state index in [0.29, 0.717) is 4.90 Å². The fourth-order valence-corrected chi connectivity index (χ4v) is 2.29. The van der Waals surface area contributed by atoms with Crippen LogP contribution in [0.3, 0.4) is 0 Å². The zero-order chi connectivity index (χ0) is 20.3. The molecular formula is C17H12F3NO6. The summed E-state index contributed by atoms with van der Waals surface area (Å²) >= 11 is 0. The number of carboxylic acids is 1. The lowest BCUT2D eigenvalue weighted by Gasteiger charge is -2.24. The minimum atomic E-state index is -1.86. The van der Waals surface area contributed by atoms with Crippen LogP contribution in [0.5, 0.6) is 0 Å². The standard InChI is InChI=1S/C17H12F3NO6/c1-26-16(24)8-5-3-4-6-21(13(8)17(25)27-2)14-11(19)9(15(22)23)7-10(18)12(14)20/h3-7H,1-2H3,(H,22,23). The Morgan fingerprint density at radius 3 is 2.19 bits per heavy atom. The van der Waals surface area contributed by atoms with Crippen LogP contribution in [-0.2, 0) is 19.1 Å². The summed E-state index contributed by atoms with van der Waals surface area (Å²) in [4.78, 5) is 35.8. The van der Waals surface area contributed by atoms with E-state index in [1.54, 1.807) is 0 Å². The number of methoxy groups -OCH3 is 2. The monoisotopic (exact) mass is 383 g/mol. The lowest BCUT2D eigenvalue weighted by Crippen LogP contribution is -2.29. The third kappa shape index (κ3) is 3.54. The van der Waals surface area contributed by atoms with Crippen molar-refractivity contribution in [3.05, 3.63) is 64.8 Å². The predicted octanol–water partition coefficient (Wildman–Crippen LogP) is 2.29. The number of allylic oxidation sites excluding steroid dienone is 2. The third-order valence-electron chi connectivity index (χ3n) is 3.49. The van der Waals surface area contributed by atoms with Crippen molar-refractivity contribution in [1.29, 1.82) is 0 Å². The van der Waals surface area contributed by atoms with Gasteiger partial charge in [0.25, 0.3) is 0 Å². The fourth-order valence-electron chi connectivity index (χ4n) is 2.29. The number of halogens is 3. The smallest absolute Gasteiger partial charge is 0.355 e. The molecule has 0 bridgehead atoms. The van der Waals surface area contributed by atoms with E-state index in [1.165, 1.54) is 12.2 Å². The van der Waals surface area contributed by atoms with Crippen LogP contribution in [0.1, 0.15) is 10.4 Å². The second-order valence-electron chi connectivity index (χ2n) is 5.00. The predicted molar refractivity (Wildman–Crippen MR) is 85.1 cm³/mol. The molecule has 142 valence electrons. The van der Waals surface area contributed by atoms with Gasteiger partial charge in [-0.25, -0.2) is 27.6 Å². The van der Waals surface area contributed by atoms with E-state index in [1.807, 2.05) is 0 Å². The average Bonchev–Trinajstić information content (AvgIpc) is 2.86. The van der Waals surface area contributed by atoms with Gasteiger partial charge in [-0.1, -0.05) is 6.08 Å². The Hall–Kier alpha value is -3.56. The molecule has 0 unspecified atom stereocenters. The molecule has 0 saturated carbocycles. The number of esters is 2. The molecule has 7 nitrogen and oxygen atoms in total. The molecule has 0 atom stereocenters. The summed E-state index contributed by atoms with van der Waals surface area (Å²) < 4.78 is 52.0. The first-order valence-electron chi connectivity index (χ1n) is 7.20. The van der Waals surface area contributed by atoms with Crippen molar-refractivity contribution < 1.29 is 42.1 Å². The maximum Gasteiger partial charge on any atom is 0.355 e. The van der Waals surface area contributed by atoms with Crippen LogP contribution in [0, 0.1) is 17.5 Å². The number of anilines is 1. The van der Waals surface area contributed by atoms with Crippen molar-refractivity contribution in [2.24, 2.45) is 0 Å². The van der Waals surface area contributed by atoms with E-state index in [4.69, 9.17) is 5.11 Å². The van der Waals surface area contributed by atoms with Crippen molar-refractivity contribution in [2.45, 2.75) is 0 Å². The molecular weight excluding hydrogens is 371 g/mol. The first kappa shape index (κ1) is 19.8. The number of benzene rings is 1. The van der Waals surface area contributed by atoms with Gasteiger partial charge in [0.1, 0.15) is 16.9 Å². The fraction of sp³-hybridized carbons (Fsp3) is 0.118. The lowest BCUT2D eigenvalue weighted by molar-refractivity contribution is -0.139. The van der Waals surface area contributed by atoms with Crippen molar-refractivity contribution in [1.82, 2.24) is 0 Å². The zero-order valence-electron chi connectivity index (χ0n) is 14.0. The van der Waals surface area contributed by atoms with Crippen molar-refractivity contribution in [2.75, 3.05) is 19.1 Å². The van der Waals surface area contributed by atoms with Gasteiger partial charge in [0.2, 0.25) is 0 Å². The molecule has 0 radical (unpaired) electrons. The Bertz CT molecular complexity index is 920. The largest absolute Gasteiger partial charge is 0.478 e. The van der Waals surface area contributed by atoms with Gasteiger partial charge in [0, 0.05) is 6.20 Å². The van der Waals surface area contributed by atoms with Crippen molar-refractivity contribution >= 4 is 23.6 Å². The number of carbonyl (C=O) groups excluding carboxylic acids is 2. The number of carbonyl (C=O) groups is 3. The molecule has 0 fully saturated rings. The van der Waals surface area contributed by atoms with E-state index in [2.05, 4.69) is 9.47 Å². The molecule has 0 aliphatic carbocycles. The maximum atomic E-state index is 14.7. The number of rotatable bonds is 4. The highest BCUT2D eigenvalue weighted by Gasteiger charge is 2.33. The number of hydrogen-bond acceptors (Lipinski definition) is 6. The number of ether oxygens (including phenoxy) is 2. The Kier molecular flexibility index (Phi) is 5.69. The molecule has 0 amide bonds. The Balaban J connectivity index is 2.88. The van der Waals surface area contributed by atoms with Gasteiger partial charge in [-0.2, -0.15) is 0 Å². The number of hydrogen-bond donors (Lipinski definition) is 1. The van der Waals surface area contributed by atoms with Gasteiger partial charge >= 0.3 is 17.9 Å². The van der Waals surface area contributed by atoms with E-state index in [0.717, 1.165) is 26.5 Å². The van der Waals surface area contributed by atoms with Crippen LogP contribution < -0.4 is 4.90 Å². The molecule has 1 aromatic carbocycles. The van der Waals surface area contributed by atoms with Crippen molar-refractivity contribution in [3.63, 3.8) is 0 Å². The molecule has 27 heavy (non-hydrogen) atoms. The van der Waals surface area contributed by atoms with Crippen LogP contribution in [0.4, 0.5) is 18.9 Å². The van der Waals surface area contributed by atoms with Crippen molar-refractivity contribution in [3.8, 4) is 0 Å². The first-order valence-corrected chi connectivity index (χ1v) is 7.20. The second kappa shape index (κ2) is 7.77. The molecule has 1 N–H and O–H groups in total. The van der Waals surface area contributed by atoms with Gasteiger partial charge in [0.15, 0.2) is 17.5 Å². The van der Waals surface area contributed by atoms with E-state index < -0.39 is 57.9 Å². The van der Waals surface area contributed by atoms with E-state index in [9.17, 15) is 27.6 Å². The molecule has 2 rings (SSSR count). The summed E-state index contributed by atoms with van der Waals surface area (Å²) in [6.07, 6.45) is 4.48. The van der Waals surface area contributed by atoms with Crippen LogP contribution in [-0.4, -0.2) is 37.2 Å². The summed E-state index contributed by atoms with van der Waals surface area (Å²) in [6.45, 7) is 0. The SMILES string of the molecule is COC(=O)C1=C(C(=O)OC)N(c2c(F)c(F)cc(C(=O)O)c2F)C=CC=C1. The minimum Gasteiger partial charge on any atom is -0.478 e. The normalized spacial score (nSPS) is 13.4. The summed E-state index contributed by atoms with van der Waals surface area (Å²) in [5, 5.41) is 9.00. The number of carboxylic acid groups (broad SMARTS) is 1. The number of nitrogens with zero attached hydrogens (tertiary/aromatic N) is 1.